The number of hydrogen-bond donors (Lipinski definition) is 1. The Morgan fingerprint density at radius 2 is 2.18 bits per heavy atom. The van der Waals surface area contributed by atoms with Crippen LogP contribution >= 0.6 is 22.9 Å². The zero-order valence-electron chi connectivity index (χ0n) is 13.4. The Morgan fingerprint density at radius 3 is 2.77 bits per heavy atom. The summed E-state index contributed by atoms with van der Waals surface area (Å²) >= 11 is 7.75. The van der Waals surface area contributed by atoms with Crippen LogP contribution in [-0.2, 0) is 11.2 Å². The minimum atomic E-state index is -0.500. The third-order valence-corrected chi connectivity index (χ3v) is 4.75. The zero-order valence-corrected chi connectivity index (χ0v) is 14.9. The first-order chi connectivity index (χ1) is 10.2. The first-order valence-corrected chi connectivity index (χ1v) is 8.25. The van der Waals surface area contributed by atoms with Crippen molar-refractivity contribution in [1.29, 1.82) is 0 Å². The quantitative estimate of drug-likeness (QED) is 0.912. The molecule has 0 bridgehead atoms. The van der Waals surface area contributed by atoms with Crippen molar-refractivity contribution < 1.29 is 9.53 Å². The van der Waals surface area contributed by atoms with Crippen molar-refractivity contribution in [2.24, 2.45) is 0 Å². The van der Waals surface area contributed by atoms with E-state index in [0.29, 0.717) is 11.4 Å². The maximum absolute atomic E-state index is 11.8. The predicted molar refractivity (Wildman–Crippen MR) is 89.7 cm³/mol. The summed E-state index contributed by atoms with van der Waals surface area (Å²) < 4.78 is 6.20. The van der Waals surface area contributed by atoms with E-state index >= 15 is 0 Å². The number of carbonyl (C=O) groups excluding carboxylic acids is 1. The van der Waals surface area contributed by atoms with Crippen molar-refractivity contribution in [1.82, 2.24) is 15.5 Å². The average Bonchev–Trinajstić information content (AvgIpc) is 2.66. The van der Waals surface area contributed by atoms with Crippen molar-refractivity contribution in [3.8, 4) is 0 Å². The van der Waals surface area contributed by atoms with Crippen LogP contribution in [0, 0.1) is 6.92 Å². The van der Waals surface area contributed by atoms with Gasteiger partial charge in [-0.15, -0.1) is 16.4 Å². The van der Waals surface area contributed by atoms with E-state index in [9.17, 15) is 4.79 Å². The van der Waals surface area contributed by atoms with Gasteiger partial charge in [-0.1, -0.05) is 11.6 Å². The van der Waals surface area contributed by atoms with E-state index in [1.165, 1.54) is 0 Å². The van der Waals surface area contributed by atoms with Crippen molar-refractivity contribution in [3.63, 3.8) is 0 Å². The van der Waals surface area contributed by atoms with Crippen molar-refractivity contribution in [2.45, 2.75) is 52.7 Å². The lowest BCUT2D eigenvalue weighted by Crippen LogP contribution is -2.38. The molecule has 2 aromatic rings. The van der Waals surface area contributed by atoms with Gasteiger partial charge in [0.2, 0.25) is 0 Å². The molecule has 1 amide bonds. The van der Waals surface area contributed by atoms with Crippen LogP contribution in [0.3, 0.4) is 0 Å². The van der Waals surface area contributed by atoms with Gasteiger partial charge in [-0.25, -0.2) is 4.79 Å². The number of ether oxygens (including phenoxy) is 1. The lowest BCUT2D eigenvalue weighted by molar-refractivity contribution is 0.0508. The number of carbonyl (C=O) groups is 1. The monoisotopic (exact) mass is 341 g/mol. The van der Waals surface area contributed by atoms with E-state index in [2.05, 4.69) is 15.5 Å². The van der Waals surface area contributed by atoms with Crippen LogP contribution in [0.2, 0.25) is 5.02 Å². The first-order valence-electron chi connectivity index (χ1n) is 7.06. The summed E-state index contributed by atoms with van der Waals surface area (Å²) in [6.07, 6.45) is 1.84. The van der Waals surface area contributed by atoms with Crippen LogP contribution in [0.25, 0.3) is 10.2 Å². The fraction of sp³-hybridized carbons (Fsp3) is 0.533. The molecule has 0 aromatic carbocycles. The van der Waals surface area contributed by atoms with Gasteiger partial charge in [-0.05, 0) is 40.2 Å². The largest absolute Gasteiger partial charge is 0.444 e. The molecule has 22 heavy (non-hydrogen) atoms. The highest BCUT2D eigenvalue weighted by Gasteiger charge is 2.19. The van der Waals surface area contributed by atoms with Gasteiger partial charge < -0.3 is 10.1 Å². The summed E-state index contributed by atoms with van der Waals surface area (Å²) in [5.74, 6) is 0. The van der Waals surface area contributed by atoms with Crippen LogP contribution < -0.4 is 5.32 Å². The number of hydrogen-bond acceptors (Lipinski definition) is 5. The highest BCUT2D eigenvalue weighted by atomic mass is 35.5. The summed E-state index contributed by atoms with van der Waals surface area (Å²) in [6, 6.07) is -0.0478. The number of aryl methyl sites for hydroxylation is 1. The Morgan fingerprint density at radius 1 is 1.50 bits per heavy atom. The Labute approximate surface area is 139 Å². The topological polar surface area (TPSA) is 64.1 Å². The molecule has 7 heteroatoms. The van der Waals surface area contributed by atoms with Crippen LogP contribution in [0.5, 0.6) is 0 Å². The fourth-order valence-corrected chi connectivity index (χ4v) is 3.58. The molecule has 0 aliphatic heterocycles. The van der Waals surface area contributed by atoms with Crippen LogP contribution in [0.4, 0.5) is 4.79 Å². The van der Waals surface area contributed by atoms with Crippen LogP contribution in [0.1, 0.15) is 38.1 Å². The van der Waals surface area contributed by atoms with E-state index in [1.54, 1.807) is 17.5 Å². The van der Waals surface area contributed by atoms with E-state index in [1.807, 2.05) is 34.6 Å². The molecule has 0 unspecified atom stereocenters. The zero-order chi connectivity index (χ0) is 16.5. The van der Waals surface area contributed by atoms with Gasteiger partial charge in [-0.3, -0.25) is 0 Å². The standard InChI is InChI=1S/C15H20ClN3O2S/c1-8(18-14(20)21-15(3,4)5)6-11-9(2)12-13(22-11)10(16)7-17-19-12/h7-8H,6H2,1-5H3,(H,18,20)/t8-/m0/s1. The lowest BCUT2D eigenvalue weighted by Gasteiger charge is -2.21. The van der Waals surface area contributed by atoms with Crippen LogP contribution in [-0.4, -0.2) is 27.9 Å². The molecule has 0 radical (unpaired) electrons. The van der Waals surface area contributed by atoms with Gasteiger partial charge in [0.05, 0.1) is 15.9 Å². The second-order valence-electron chi connectivity index (χ2n) is 6.27. The second kappa shape index (κ2) is 6.38. The van der Waals surface area contributed by atoms with Crippen molar-refractivity contribution in [2.75, 3.05) is 0 Å². The second-order valence-corrected chi connectivity index (χ2v) is 7.78. The van der Waals surface area contributed by atoms with E-state index < -0.39 is 11.7 Å². The summed E-state index contributed by atoms with van der Waals surface area (Å²) in [5, 5.41) is 11.5. The number of thiophene rings is 1. The predicted octanol–water partition coefficient (Wildman–Crippen LogP) is 4.11. The maximum atomic E-state index is 11.8. The van der Waals surface area contributed by atoms with Gasteiger partial charge in [0, 0.05) is 17.3 Å². The molecular weight excluding hydrogens is 322 g/mol. The van der Waals surface area contributed by atoms with Gasteiger partial charge in [0.15, 0.2) is 0 Å². The van der Waals surface area contributed by atoms with E-state index in [-0.39, 0.29) is 6.04 Å². The molecule has 2 rings (SSSR count). The summed E-state index contributed by atoms with van der Waals surface area (Å²) in [6.45, 7) is 9.47. The molecule has 0 saturated heterocycles. The normalized spacial score (nSPS) is 13.2. The number of aromatic nitrogens is 2. The molecule has 2 heterocycles. The Kier molecular flexibility index (Phi) is 4.92. The third-order valence-electron chi connectivity index (χ3n) is 3.01. The first kappa shape index (κ1) is 17.0. The molecule has 1 atom stereocenters. The van der Waals surface area contributed by atoms with Crippen LogP contribution in [0.15, 0.2) is 6.20 Å². The number of nitrogens with zero attached hydrogens (tertiary/aromatic N) is 2. The number of halogens is 1. The SMILES string of the molecule is Cc1c(C[C@H](C)NC(=O)OC(C)(C)C)sc2c(Cl)cnnc12. The lowest BCUT2D eigenvalue weighted by atomic mass is 10.1. The molecule has 0 fully saturated rings. The molecule has 0 aliphatic rings. The Balaban J connectivity index is 2.09. The number of nitrogens with one attached hydrogen (secondary N) is 1. The number of amides is 1. The van der Waals surface area contributed by atoms with Crippen molar-refractivity contribution >= 4 is 39.2 Å². The third kappa shape index (κ3) is 4.08. The minimum Gasteiger partial charge on any atom is -0.444 e. The smallest absolute Gasteiger partial charge is 0.407 e. The minimum absolute atomic E-state index is 0.0478. The number of alkyl carbamates (subject to hydrolysis) is 1. The molecule has 0 aliphatic carbocycles. The molecular formula is C15H20ClN3O2S. The highest BCUT2D eigenvalue weighted by Crippen LogP contribution is 2.34. The van der Waals surface area contributed by atoms with Gasteiger partial charge in [0.1, 0.15) is 11.1 Å². The van der Waals surface area contributed by atoms with Crippen molar-refractivity contribution in [3.05, 3.63) is 21.7 Å². The Hall–Kier alpha value is -1.40. The van der Waals surface area contributed by atoms with Gasteiger partial charge >= 0.3 is 6.09 Å². The Bertz CT molecular complexity index is 694. The molecule has 120 valence electrons. The van der Waals surface area contributed by atoms with E-state index in [0.717, 1.165) is 20.7 Å². The molecule has 1 N–H and O–H groups in total. The average molecular weight is 342 g/mol. The summed E-state index contributed by atoms with van der Waals surface area (Å²) in [7, 11) is 0. The molecule has 2 aromatic heterocycles. The molecule has 0 saturated carbocycles. The molecule has 0 spiro atoms. The number of rotatable bonds is 3. The highest BCUT2D eigenvalue weighted by molar-refractivity contribution is 7.19. The molecule has 5 nitrogen and oxygen atoms in total. The van der Waals surface area contributed by atoms with Gasteiger partial charge in [-0.2, -0.15) is 5.10 Å². The summed E-state index contributed by atoms with van der Waals surface area (Å²) in [4.78, 5) is 12.9. The maximum Gasteiger partial charge on any atom is 0.407 e. The fourth-order valence-electron chi connectivity index (χ4n) is 2.06. The summed E-state index contributed by atoms with van der Waals surface area (Å²) in [5.41, 5.74) is 1.39. The number of fused-ring (bicyclic) bond motifs is 1. The van der Waals surface area contributed by atoms with E-state index in [4.69, 9.17) is 16.3 Å². The van der Waals surface area contributed by atoms with Gasteiger partial charge in [0.25, 0.3) is 0 Å².